The number of anilines is 1. The average Bonchev–Trinajstić information content (AvgIpc) is 2.91. The van der Waals surface area contributed by atoms with Gasteiger partial charge in [0.05, 0.1) is 4.90 Å². The van der Waals surface area contributed by atoms with Crippen molar-refractivity contribution in [2.45, 2.75) is 11.3 Å². The Labute approximate surface area is 205 Å². The summed E-state index contributed by atoms with van der Waals surface area (Å²) in [5, 5.41) is 0. The van der Waals surface area contributed by atoms with Crippen molar-refractivity contribution in [3.63, 3.8) is 0 Å². The predicted octanol–water partition coefficient (Wildman–Crippen LogP) is 5.49. The summed E-state index contributed by atoms with van der Waals surface area (Å²) in [4.78, 5) is 15.2. The monoisotopic (exact) mass is 486 g/mol. The standard InChI is InChI=1S/C28H26N2O4S/c31-28(23-11-4-1-5-12-23)30(22-10-21-29-35(32,33)27-15-8-3-9-16-27)24-17-19-26(20-18-24)34-25-13-6-2-7-14-25/h1-9,11-20,29H,10,21-22H2. The second kappa shape index (κ2) is 11.5. The number of hydrogen-bond donors (Lipinski definition) is 1. The molecule has 0 atom stereocenters. The molecule has 0 aliphatic rings. The Balaban J connectivity index is 1.46. The van der Waals surface area contributed by atoms with Crippen molar-refractivity contribution in [1.29, 1.82) is 0 Å². The van der Waals surface area contributed by atoms with E-state index < -0.39 is 10.0 Å². The number of amides is 1. The van der Waals surface area contributed by atoms with Gasteiger partial charge in [-0.1, -0.05) is 54.6 Å². The van der Waals surface area contributed by atoms with Crippen LogP contribution in [0.1, 0.15) is 16.8 Å². The van der Waals surface area contributed by atoms with Gasteiger partial charge in [-0.2, -0.15) is 0 Å². The van der Waals surface area contributed by atoms with Crippen LogP contribution in [0.4, 0.5) is 5.69 Å². The molecule has 0 aliphatic carbocycles. The minimum Gasteiger partial charge on any atom is -0.457 e. The molecule has 35 heavy (non-hydrogen) atoms. The number of carbonyl (C=O) groups excluding carboxylic acids is 1. The molecule has 0 aliphatic heterocycles. The zero-order chi connectivity index (χ0) is 24.5. The van der Waals surface area contributed by atoms with E-state index in [2.05, 4.69) is 4.72 Å². The van der Waals surface area contributed by atoms with Crippen LogP contribution in [0.25, 0.3) is 0 Å². The molecule has 1 N–H and O–H groups in total. The van der Waals surface area contributed by atoms with Crippen molar-refractivity contribution in [3.8, 4) is 11.5 Å². The summed E-state index contributed by atoms with van der Waals surface area (Å²) in [6.07, 6.45) is 0.437. The molecular weight excluding hydrogens is 460 g/mol. The molecule has 0 heterocycles. The highest BCUT2D eigenvalue weighted by Crippen LogP contribution is 2.25. The summed E-state index contributed by atoms with van der Waals surface area (Å²) >= 11 is 0. The van der Waals surface area contributed by atoms with Gasteiger partial charge in [-0.05, 0) is 67.1 Å². The number of hydrogen-bond acceptors (Lipinski definition) is 4. The number of nitrogens with one attached hydrogen (secondary N) is 1. The number of nitrogens with zero attached hydrogens (tertiary/aromatic N) is 1. The van der Waals surface area contributed by atoms with Crippen molar-refractivity contribution >= 4 is 21.6 Å². The fraction of sp³-hybridized carbons (Fsp3) is 0.107. The van der Waals surface area contributed by atoms with Crippen LogP contribution in [-0.4, -0.2) is 27.4 Å². The SMILES string of the molecule is O=C(c1ccccc1)N(CCCNS(=O)(=O)c1ccccc1)c1ccc(Oc2ccccc2)cc1. The van der Waals surface area contributed by atoms with Crippen molar-refractivity contribution in [1.82, 2.24) is 4.72 Å². The van der Waals surface area contributed by atoms with Crippen LogP contribution in [0.2, 0.25) is 0 Å². The molecule has 0 fully saturated rings. The van der Waals surface area contributed by atoms with E-state index in [1.165, 1.54) is 0 Å². The van der Waals surface area contributed by atoms with Crippen molar-refractivity contribution in [3.05, 3.63) is 121 Å². The van der Waals surface area contributed by atoms with Gasteiger partial charge in [0.15, 0.2) is 0 Å². The van der Waals surface area contributed by atoms with E-state index >= 15 is 0 Å². The molecule has 4 rings (SSSR count). The van der Waals surface area contributed by atoms with Gasteiger partial charge < -0.3 is 9.64 Å². The summed E-state index contributed by atoms with van der Waals surface area (Å²) in [7, 11) is -3.60. The van der Waals surface area contributed by atoms with Crippen LogP contribution in [0.5, 0.6) is 11.5 Å². The Hall–Kier alpha value is -3.94. The molecule has 0 unspecified atom stereocenters. The van der Waals surface area contributed by atoms with Crippen LogP contribution in [0.15, 0.2) is 120 Å². The first-order valence-corrected chi connectivity index (χ1v) is 12.8. The highest BCUT2D eigenvalue weighted by Gasteiger charge is 2.18. The van der Waals surface area contributed by atoms with Crippen molar-refractivity contribution < 1.29 is 17.9 Å². The lowest BCUT2D eigenvalue weighted by molar-refractivity contribution is 0.0986. The van der Waals surface area contributed by atoms with E-state index in [1.807, 2.05) is 72.8 Å². The van der Waals surface area contributed by atoms with E-state index in [9.17, 15) is 13.2 Å². The highest BCUT2D eigenvalue weighted by atomic mass is 32.2. The molecular formula is C28H26N2O4S. The lowest BCUT2D eigenvalue weighted by Crippen LogP contribution is -2.34. The quantitative estimate of drug-likeness (QED) is 0.301. The number of para-hydroxylation sites is 1. The molecule has 4 aromatic carbocycles. The van der Waals surface area contributed by atoms with Gasteiger partial charge in [0.25, 0.3) is 5.91 Å². The Bertz CT molecular complexity index is 1330. The topological polar surface area (TPSA) is 75.7 Å². The molecule has 0 spiro atoms. The van der Waals surface area contributed by atoms with E-state index in [4.69, 9.17) is 4.74 Å². The first-order chi connectivity index (χ1) is 17.0. The molecule has 1 amide bonds. The Morgan fingerprint density at radius 3 is 1.89 bits per heavy atom. The summed E-state index contributed by atoms with van der Waals surface area (Å²) in [6, 6.07) is 34.0. The van der Waals surface area contributed by atoms with Gasteiger partial charge in [0, 0.05) is 24.3 Å². The van der Waals surface area contributed by atoms with E-state index in [1.54, 1.807) is 47.4 Å². The largest absolute Gasteiger partial charge is 0.457 e. The van der Waals surface area contributed by atoms with Gasteiger partial charge in [-0.3, -0.25) is 4.79 Å². The van der Waals surface area contributed by atoms with Crippen LogP contribution in [-0.2, 0) is 10.0 Å². The Morgan fingerprint density at radius 2 is 1.26 bits per heavy atom. The fourth-order valence-corrected chi connectivity index (χ4v) is 4.63. The third-order valence-electron chi connectivity index (χ3n) is 5.30. The van der Waals surface area contributed by atoms with E-state index in [0.29, 0.717) is 30.0 Å². The van der Waals surface area contributed by atoms with Crippen LogP contribution >= 0.6 is 0 Å². The maximum Gasteiger partial charge on any atom is 0.258 e. The summed E-state index contributed by atoms with van der Waals surface area (Å²) < 4.78 is 33.4. The lowest BCUT2D eigenvalue weighted by Gasteiger charge is -2.23. The highest BCUT2D eigenvalue weighted by molar-refractivity contribution is 7.89. The summed E-state index contributed by atoms with van der Waals surface area (Å²) in [5.41, 5.74) is 1.26. The number of sulfonamides is 1. The minimum atomic E-state index is -3.60. The maximum absolute atomic E-state index is 13.3. The smallest absolute Gasteiger partial charge is 0.258 e. The van der Waals surface area contributed by atoms with Gasteiger partial charge in [-0.15, -0.1) is 0 Å². The van der Waals surface area contributed by atoms with Gasteiger partial charge in [-0.25, -0.2) is 13.1 Å². The molecule has 0 saturated carbocycles. The third kappa shape index (κ3) is 6.56. The summed E-state index contributed by atoms with van der Waals surface area (Å²) in [5.74, 6) is 1.22. The number of carbonyl (C=O) groups is 1. The van der Waals surface area contributed by atoms with E-state index in [0.717, 1.165) is 5.75 Å². The second-order valence-electron chi connectivity index (χ2n) is 7.80. The molecule has 0 bridgehead atoms. The lowest BCUT2D eigenvalue weighted by atomic mass is 10.1. The zero-order valence-electron chi connectivity index (χ0n) is 19.1. The molecule has 4 aromatic rings. The third-order valence-corrected chi connectivity index (χ3v) is 6.77. The zero-order valence-corrected chi connectivity index (χ0v) is 19.9. The number of rotatable bonds is 10. The van der Waals surface area contributed by atoms with Gasteiger partial charge in [0.1, 0.15) is 11.5 Å². The second-order valence-corrected chi connectivity index (χ2v) is 9.56. The molecule has 0 aromatic heterocycles. The Morgan fingerprint density at radius 1 is 0.714 bits per heavy atom. The average molecular weight is 487 g/mol. The Kier molecular flexibility index (Phi) is 7.92. The first kappa shape index (κ1) is 24.2. The maximum atomic E-state index is 13.3. The minimum absolute atomic E-state index is 0.159. The molecule has 0 radical (unpaired) electrons. The van der Waals surface area contributed by atoms with Crippen LogP contribution in [0, 0.1) is 0 Å². The molecule has 0 saturated heterocycles. The summed E-state index contributed by atoms with van der Waals surface area (Å²) in [6.45, 7) is 0.537. The van der Waals surface area contributed by atoms with Crippen molar-refractivity contribution in [2.24, 2.45) is 0 Å². The van der Waals surface area contributed by atoms with Gasteiger partial charge >= 0.3 is 0 Å². The molecule has 6 nitrogen and oxygen atoms in total. The van der Waals surface area contributed by atoms with Crippen molar-refractivity contribution in [2.75, 3.05) is 18.0 Å². The van der Waals surface area contributed by atoms with Crippen LogP contribution < -0.4 is 14.4 Å². The fourth-order valence-electron chi connectivity index (χ4n) is 3.53. The predicted molar refractivity (Wildman–Crippen MR) is 137 cm³/mol. The first-order valence-electron chi connectivity index (χ1n) is 11.3. The normalized spacial score (nSPS) is 11.1. The molecule has 7 heteroatoms. The number of benzene rings is 4. The number of ether oxygens (including phenoxy) is 1. The van der Waals surface area contributed by atoms with Crippen LogP contribution in [0.3, 0.4) is 0 Å². The van der Waals surface area contributed by atoms with Gasteiger partial charge in [0.2, 0.25) is 10.0 Å². The molecule has 178 valence electrons. The van der Waals surface area contributed by atoms with E-state index in [-0.39, 0.29) is 17.3 Å².